The molecule has 0 bridgehead atoms. The van der Waals surface area contributed by atoms with Crippen molar-refractivity contribution in [2.75, 3.05) is 26.4 Å². The van der Waals surface area contributed by atoms with Crippen LogP contribution in [0.4, 0.5) is 0 Å². The molecule has 1 atom stereocenters. The molecule has 0 amide bonds. The first kappa shape index (κ1) is 16.9. The van der Waals surface area contributed by atoms with Crippen LogP contribution in [0.3, 0.4) is 0 Å². The highest BCUT2D eigenvalue weighted by atomic mass is 16.5. The fourth-order valence-corrected chi connectivity index (χ4v) is 1.72. The van der Waals surface area contributed by atoms with Crippen LogP contribution in [0.25, 0.3) is 0 Å². The highest BCUT2D eigenvalue weighted by molar-refractivity contribution is 4.81. The number of nitrogens with one attached hydrogen (secondary N) is 1. The van der Waals surface area contributed by atoms with Crippen LogP contribution in [0.1, 0.15) is 59.3 Å². The summed E-state index contributed by atoms with van der Waals surface area (Å²) >= 11 is 0. The van der Waals surface area contributed by atoms with Gasteiger partial charge >= 0.3 is 0 Å². The molecule has 3 nitrogen and oxygen atoms in total. The Kier molecular flexibility index (Phi) is 10.9. The van der Waals surface area contributed by atoms with E-state index in [1.54, 1.807) is 0 Å². The van der Waals surface area contributed by atoms with Crippen molar-refractivity contribution in [2.45, 2.75) is 64.8 Å². The third kappa shape index (κ3) is 9.57. The predicted octanol–water partition coefficient (Wildman–Crippen LogP) is 2.72. The van der Waals surface area contributed by atoms with E-state index in [2.05, 4.69) is 26.1 Å². The first-order chi connectivity index (χ1) is 8.18. The van der Waals surface area contributed by atoms with Gasteiger partial charge in [-0.1, -0.05) is 20.3 Å². The van der Waals surface area contributed by atoms with Crippen LogP contribution in [0.5, 0.6) is 0 Å². The molecule has 3 heteroatoms. The van der Waals surface area contributed by atoms with Crippen LogP contribution in [0, 0.1) is 0 Å². The topological polar surface area (TPSA) is 41.5 Å². The van der Waals surface area contributed by atoms with Crippen molar-refractivity contribution in [3.05, 3.63) is 0 Å². The molecule has 0 radical (unpaired) electrons. The van der Waals surface area contributed by atoms with Crippen LogP contribution >= 0.6 is 0 Å². The lowest BCUT2D eigenvalue weighted by Gasteiger charge is -2.28. The SMILES string of the molecule is CCCCOCCCCC(C)(CO)NCCC. The zero-order valence-electron chi connectivity index (χ0n) is 11.9. The summed E-state index contributed by atoms with van der Waals surface area (Å²) in [7, 11) is 0. The second-order valence-corrected chi connectivity index (χ2v) is 5.07. The van der Waals surface area contributed by atoms with E-state index >= 15 is 0 Å². The highest BCUT2D eigenvalue weighted by Crippen LogP contribution is 2.13. The highest BCUT2D eigenvalue weighted by Gasteiger charge is 2.20. The van der Waals surface area contributed by atoms with Crippen molar-refractivity contribution in [2.24, 2.45) is 0 Å². The van der Waals surface area contributed by atoms with Crippen LogP contribution in [0.15, 0.2) is 0 Å². The lowest BCUT2D eigenvalue weighted by molar-refractivity contribution is 0.119. The van der Waals surface area contributed by atoms with Crippen molar-refractivity contribution in [3.63, 3.8) is 0 Å². The fraction of sp³-hybridized carbons (Fsp3) is 1.00. The van der Waals surface area contributed by atoms with E-state index in [-0.39, 0.29) is 12.1 Å². The first-order valence-corrected chi connectivity index (χ1v) is 7.12. The average molecular weight is 245 g/mol. The monoisotopic (exact) mass is 245 g/mol. The number of hydrogen-bond acceptors (Lipinski definition) is 3. The Bertz CT molecular complexity index is 164. The minimum atomic E-state index is -0.112. The van der Waals surface area contributed by atoms with Gasteiger partial charge in [-0.25, -0.2) is 0 Å². The Morgan fingerprint density at radius 2 is 1.76 bits per heavy atom. The van der Waals surface area contributed by atoms with Gasteiger partial charge in [-0.3, -0.25) is 0 Å². The summed E-state index contributed by atoms with van der Waals surface area (Å²) in [5.41, 5.74) is -0.112. The first-order valence-electron chi connectivity index (χ1n) is 7.12. The van der Waals surface area contributed by atoms with Gasteiger partial charge in [0.2, 0.25) is 0 Å². The number of rotatable bonds is 12. The van der Waals surface area contributed by atoms with Crippen molar-refractivity contribution < 1.29 is 9.84 Å². The smallest absolute Gasteiger partial charge is 0.0610 e. The van der Waals surface area contributed by atoms with E-state index in [1.807, 2.05) is 0 Å². The van der Waals surface area contributed by atoms with Crippen LogP contribution < -0.4 is 5.32 Å². The Hall–Kier alpha value is -0.120. The van der Waals surface area contributed by atoms with Gasteiger partial charge < -0.3 is 15.2 Å². The lowest BCUT2D eigenvalue weighted by atomic mass is 9.95. The summed E-state index contributed by atoms with van der Waals surface area (Å²) in [6, 6.07) is 0. The Morgan fingerprint density at radius 1 is 1.06 bits per heavy atom. The van der Waals surface area contributed by atoms with Crippen LogP contribution in [-0.4, -0.2) is 37.0 Å². The maximum atomic E-state index is 9.39. The molecular formula is C14H31NO2. The average Bonchev–Trinajstić information content (AvgIpc) is 2.35. The number of unbranched alkanes of at least 4 members (excludes halogenated alkanes) is 2. The normalized spacial score (nSPS) is 14.8. The zero-order chi connectivity index (χ0) is 13.0. The molecule has 0 aromatic carbocycles. The number of hydrogen-bond donors (Lipinski definition) is 2. The summed E-state index contributed by atoms with van der Waals surface area (Å²) in [6.45, 7) is 9.35. The second kappa shape index (κ2) is 11.0. The molecule has 0 aliphatic heterocycles. The largest absolute Gasteiger partial charge is 0.394 e. The molecule has 2 N–H and O–H groups in total. The molecule has 0 heterocycles. The van der Waals surface area contributed by atoms with Gasteiger partial charge in [-0.15, -0.1) is 0 Å². The second-order valence-electron chi connectivity index (χ2n) is 5.07. The number of aliphatic hydroxyl groups is 1. The summed E-state index contributed by atoms with van der Waals surface area (Å²) in [5.74, 6) is 0. The quantitative estimate of drug-likeness (QED) is 0.519. The molecule has 0 fully saturated rings. The standard InChI is InChI=1S/C14H31NO2/c1-4-6-11-17-12-8-7-9-14(3,13-16)15-10-5-2/h15-16H,4-13H2,1-3H3. The number of aliphatic hydroxyl groups excluding tert-OH is 1. The van der Waals surface area contributed by atoms with Crippen molar-refractivity contribution in [1.29, 1.82) is 0 Å². The van der Waals surface area contributed by atoms with E-state index in [9.17, 15) is 5.11 Å². The predicted molar refractivity (Wildman–Crippen MR) is 73.4 cm³/mol. The van der Waals surface area contributed by atoms with Gasteiger partial charge in [-0.05, 0) is 45.6 Å². The lowest BCUT2D eigenvalue weighted by Crippen LogP contribution is -2.46. The van der Waals surface area contributed by atoms with E-state index in [0.717, 1.165) is 51.9 Å². The Labute approximate surface area is 107 Å². The van der Waals surface area contributed by atoms with Crippen molar-refractivity contribution >= 4 is 0 Å². The van der Waals surface area contributed by atoms with Gasteiger partial charge in [0.05, 0.1) is 6.61 Å². The molecule has 104 valence electrons. The van der Waals surface area contributed by atoms with Gasteiger partial charge in [0.1, 0.15) is 0 Å². The Balaban J connectivity index is 3.48. The van der Waals surface area contributed by atoms with Crippen LogP contribution in [0.2, 0.25) is 0 Å². The summed E-state index contributed by atoms with van der Waals surface area (Å²) < 4.78 is 5.52. The molecular weight excluding hydrogens is 214 g/mol. The minimum Gasteiger partial charge on any atom is -0.394 e. The van der Waals surface area contributed by atoms with Crippen molar-refractivity contribution in [1.82, 2.24) is 5.32 Å². The van der Waals surface area contributed by atoms with Gasteiger partial charge in [-0.2, -0.15) is 0 Å². The maximum absolute atomic E-state index is 9.39. The minimum absolute atomic E-state index is 0.112. The van der Waals surface area contributed by atoms with Crippen molar-refractivity contribution in [3.8, 4) is 0 Å². The third-order valence-corrected chi connectivity index (χ3v) is 3.06. The molecule has 0 aliphatic rings. The molecule has 0 rings (SSSR count). The molecule has 0 spiro atoms. The van der Waals surface area contributed by atoms with E-state index in [4.69, 9.17) is 4.74 Å². The van der Waals surface area contributed by atoms with Gasteiger partial charge in [0.25, 0.3) is 0 Å². The maximum Gasteiger partial charge on any atom is 0.0610 e. The molecule has 1 unspecified atom stereocenters. The molecule has 0 aliphatic carbocycles. The molecule has 0 saturated heterocycles. The summed E-state index contributed by atoms with van der Waals surface area (Å²) in [4.78, 5) is 0. The fourth-order valence-electron chi connectivity index (χ4n) is 1.72. The molecule has 0 aromatic rings. The van der Waals surface area contributed by atoms with E-state index in [0.29, 0.717) is 0 Å². The molecule has 0 aromatic heterocycles. The van der Waals surface area contributed by atoms with E-state index < -0.39 is 0 Å². The summed E-state index contributed by atoms with van der Waals surface area (Å²) in [6.07, 6.45) is 6.68. The van der Waals surface area contributed by atoms with Crippen LogP contribution in [-0.2, 0) is 4.74 Å². The number of ether oxygens (including phenoxy) is 1. The zero-order valence-corrected chi connectivity index (χ0v) is 11.9. The molecule has 17 heavy (non-hydrogen) atoms. The summed E-state index contributed by atoms with van der Waals surface area (Å²) in [5, 5.41) is 12.8. The van der Waals surface area contributed by atoms with Gasteiger partial charge in [0, 0.05) is 18.8 Å². The van der Waals surface area contributed by atoms with E-state index in [1.165, 1.54) is 6.42 Å². The van der Waals surface area contributed by atoms with Gasteiger partial charge in [0.15, 0.2) is 0 Å². The molecule has 0 saturated carbocycles. The third-order valence-electron chi connectivity index (χ3n) is 3.06. The Morgan fingerprint density at radius 3 is 2.35 bits per heavy atom.